The van der Waals surface area contributed by atoms with Gasteiger partial charge in [-0.05, 0) is 66.6 Å². The van der Waals surface area contributed by atoms with E-state index in [0.29, 0.717) is 49.9 Å². The number of rotatable bonds is 9. The molecule has 0 aliphatic carbocycles. The molecule has 1 amide bonds. The third-order valence-electron chi connectivity index (χ3n) is 6.62. The van der Waals surface area contributed by atoms with Crippen LogP contribution in [0.25, 0.3) is 16.0 Å². The minimum Gasteiger partial charge on any atom is -0.507 e. The number of ether oxygens (including phenoxy) is 2. The summed E-state index contributed by atoms with van der Waals surface area (Å²) in [7, 11) is 1.53. The Labute approximate surface area is 245 Å². The fraction of sp³-hybridized carbons (Fsp3) is 0.233. The number of hydrogen-bond donors (Lipinski definition) is 1. The molecular weight excluding hydrogens is 571 g/mol. The Hall–Kier alpha value is -3.59. The number of aliphatic hydroxyl groups excluding tert-OH is 1. The summed E-state index contributed by atoms with van der Waals surface area (Å²) in [6.07, 6.45) is 3.03. The molecule has 206 valence electrons. The number of aliphatic hydroxyl groups is 1. The number of nitrogens with zero attached hydrogens (tertiary/aromatic N) is 2. The molecule has 10 heteroatoms. The van der Waals surface area contributed by atoms with Crippen LogP contribution in [0.5, 0.6) is 11.5 Å². The number of aromatic nitrogens is 1. The molecule has 1 atom stereocenters. The Morgan fingerprint density at radius 2 is 1.75 bits per heavy atom. The molecule has 3 aromatic carbocycles. The first-order valence-corrected chi connectivity index (χ1v) is 14.3. The van der Waals surface area contributed by atoms with Crippen LogP contribution >= 0.6 is 34.5 Å². The van der Waals surface area contributed by atoms with E-state index in [0.717, 1.165) is 24.0 Å². The largest absolute Gasteiger partial charge is 0.507 e. The van der Waals surface area contributed by atoms with Crippen molar-refractivity contribution >= 4 is 67.3 Å². The topological polar surface area (TPSA) is 89.0 Å². The normalized spacial score (nSPS) is 16.6. The van der Waals surface area contributed by atoms with Crippen molar-refractivity contribution in [2.24, 2.45) is 0 Å². The number of benzene rings is 3. The van der Waals surface area contributed by atoms with E-state index in [4.69, 9.17) is 32.7 Å². The molecule has 0 saturated carbocycles. The highest BCUT2D eigenvalue weighted by Gasteiger charge is 2.48. The molecule has 1 saturated heterocycles. The number of amides is 1. The maximum atomic E-state index is 13.6. The number of Topliss-reactive ketones (excluding diaryl/α,β-unsaturated/α-hetero) is 1. The first-order chi connectivity index (χ1) is 19.3. The molecule has 7 nitrogen and oxygen atoms in total. The third-order valence-corrected chi connectivity index (χ3v) is 8.12. The fourth-order valence-corrected chi connectivity index (χ4v) is 6.00. The number of anilines is 1. The monoisotopic (exact) mass is 596 g/mol. The molecule has 2 heterocycles. The third kappa shape index (κ3) is 5.39. The van der Waals surface area contributed by atoms with Gasteiger partial charge in [-0.25, -0.2) is 4.98 Å². The average molecular weight is 598 g/mol. The minimum absolute atomic E-state index is 0.0664. The number of hydrogen-bond acceptors (Lipinski definition) is 7. The minimum atomic E-state index is -0.977. The molecule has 5 rings (SSSR count). The van der Waals surface area contributed by atoms with Crippen LogP contribution in [0.1, 0.15) is 43.4 Å². The molecule has 4 aromatic rings. The SMILES string of the molecule is CCCCCOc1ccc(C2C(=C(O)c3ccc(Cl)cc3)C(=O)C(=O)N2c2nc3ccc(Cl)cc3s2)cc1OC. The van der Waals surface area contributed by atoms with Gasteiger partial charge in [0.15, 0.2) is 16.6 Å². The fourth-order valence-electron chi connectivity index (χ4n) is 4.61. The highest BCUT2D eigenvalue weighted by Crippen LogP contribution is 2.46. The van der Waals surface area contributed by atoms with Gasteiger partial charge in [-0.2, -0.15) is 0 Å². The number of ketones is 1. The van der Waals surface area contributed by atoms with Crippen LogP contribution in [-0.4, -0.2) is 35.5 Å². The van der Waals surface area contributed by atoms with Crippen molar-refractivity contribution in [3.63, 3.8) is 0 Å². The van der Waals surface area contributed by atoms with E-state index in [1.54, 1.807) is 60.7 Å². The molecule has 40 heavy (non-hydrogen) atoms. The molecule has 0 radical (unpaired) electrons. The quantitative estimate of drug-likeness (QED) is 0.0917. The first-order valence-electron chi connectivity index (χ1n) is 12.8. The summed E-state index contributed by atoms with van der Waals surface area (Å²) in [5, 5.41) is 12.7. The van der Waals surface area contributed by atoms with Crippen LogP contribution in [0.2, 0.25) is 10.0 Å². The molecule has 1 unspecified atom stereocenters. The number of unbranched alkanes of at least 4 members (excludes halogenated alkanes) is 2. The van der Waals surface area contributed by atoms with Crippen molar-refractivity contribution in [3.8, 4) is 11.5 Å². The molecule has 1 aromatic heterocycles. The zero-order valence-corrected chi connectivity index (χ0v) is 24.1. The van der Waals surface area contributed by atoms with Gasteiger partial charge in [0.25, 0.3) is 5.78 Å². The molecule has 1 fully saturated rings. The average Bonchev–Trinajstić information content (AvgIpc) is 3.48. The second-order valence-electron chi connectivity index (χ2n) is 9.25. The van der Waals surface area contributed by atoms with Crippen molar-refractivity contribution in [3.05, 3.63) is 87.4 Å². The standard InChI is InChI=1S/C30H26Cl2N2O5S/c1-3-4-5-14-39-22-13-8-18(15-23(22)38-2)26-25(27(35)17-6-9-19(31)10-7-17)28(36)29(37)34(26)30-33-21-12-11-20(32)16-24(21)40-30/h6-13,15-16,26,35H,3-5,14H2,1-2H3. The molecule has 1 N–H and O–H groups in total. The Bertz CT molecular complexity index is 1620. The molecule has 1 aliphatic rings. The summed E-state index contributed by atoms with van der Waals surface area (Å²) in [5.41, 5.74) is 1.47. The van der Waals surface area contributed by atoms with Gasteiger partial charge in [-0.1, -0.05) is 60.4 Å². The first kappa shape index (κ1) is 28.0. The smallest absolute Gasteiger partial charge is 0.301 e. The van der Waals surface area contributed by atoms with Crippen LogP contribution < -0.4 is 14.4 Å². The van der Waals surface area contributed by atoms with Crippen molar-refractivity contribution in [1.82, 2.24) is 4.98 Å². The zero-order chi connectivity index (χ0) is 28.4. The number of carbonyl (C=O) groups excluding carboxylic acids is 2. The van der Waals surface area contributed by atoms with E-state index in [1.807, 2.05) is 0 Å². The molecule has 1 aliphatic heterocycles. The van der Waals surface area contributed by atoms with Gasteiger partial charge in [-0.15, -0.1) is 0 Å². The van der Waals surface area contributed by atoms with E-state index in [9.17, 15) is 14.7 Å². The Balaban J connectivity index is 1.65. The van der Waals surface area contributed by atoms with Crippen molar-refractivity contribution in [2.45, 2.75) is 32.2 Å². The summed E-state index contributed by atoms with van der Waals surface area (Å²) >= 11 is 13.4. The number of fused-ring (bicyclic) bond motifs is 1. The van der Waals surface area contributed by atoms with Crippen molar-refractivity contribution < 1.29 is 24.2 Å². The predicted molar refractivity (Wildman–Crippen MR) is 159 cm³/mol. The van der Waals surface area contributed by atoms with Crippen LogP contribution in [0.3, 0.4) is 0 Å². The lowest BCUT2D eigenvalue weighted by Crippen LogP contribution is -2.29. The Kier molecular flexibility index (Phi) is 8.30. The summed E-state index contributed by atoms with van der Waals surface area (Å²) in [4.78, 5) is 33.0. The number of halogens is 2. The van der Waals surface area contributed by atoms with E-state index >= 15 is 0 Å². The van der Waals surface area contributed by atoms with E-state index in [1.165, 1.54) is 23.3 Å². The lowest BCUT2D eigenvalue weighted by Gasteiger charge is -2.24. The molecule has 0 spiro atoms. The summed E-state index contributed by atoms with van der Waals surface area (Å²) in [5.74, 6) is -0.947. The second-order valence-corrected chi connectivity index (χ2v) is 11.1. The van der Waals surface area contributed by atoms with E-state index in [-0.39, 0.29) is 11.3 Å². The van der Waals surface area contributed by atoms with Gasteiger partial charge >= 0.3 is 5.91 Å². The van der Waals surface area contributed by atoms with Crippen LogP contribution in [-0.2, 0) is 9.59 Å². The van der Waals surface area contributed by atoms with Crippen LogP contribution in [0, 0.1) is 0 Å². The van der Waals surface area contributed by atoms with Crippen molar-refractivity contribution in [2.75, 3.05) is 18.6 Å². The summed E-state index contributed by atoms with van der Waals surface area (Å²) in [6, 6.07) is 15.9. The van der Waals surface area contributed by atoms with Gasteiger partial charge in [0.1, 0.15) is 5.76 Å². The number of carbonyl (C=O) groups is 2. The van der Waals surface area contributed by atoms with Gasteiger partial charge in [0.2, 0.25) is 0 Å². The summed E-state index contributed by atoms with van der Waals surface area (Å²) < 4.78 is 12.3. The van der Waals surface area contributed by atoms with Gasteiger partial charge in [-0.3, -0.25) is 14.5 Å². The lowest BCUT2D eigenvalue weighted by molar-refractivity contribution is -0.132. The van der Waals surface area contributed by atoms with E-state index in [2.05, 4.69) is 11.9 Å². The summed E-state index contributed by atoms with van der Waals surface area (Å²) in [6.45, 7) is 2.66. The van der Waals surface area contributed by atoms with E-state index < -0.39 is 17.7 Å². The van der Waals surface area contributed by atoms with Crippen LogP contribution in [0.4, 0.5) is 5.13 Å². The molecule has 0 bridgehead atoms. The highest BCUT2D eigenvalue weighted by atomic mass is 35.5. The lowest BCUT2D eigenvalue weighted by atomic mass is 9.95. The Morgan fingerprint density at radius 1 is 1.00 bits per heavy atom. The Morgan fingerprint density at radius 3 is 2.48 bits per heavy atom. The maximum absolute atomic E-state index is 13.6. The van der Waals surface area contributed by atoms with Gasteiger partial charge < -0.3 is 14.6 Å². The van der Waals surface area contributed by atoms with Gasteiger partial charge in [0.05, 0.1) is 35.5 Å². The second kappa shape index (κ2) is 11.9. The van der Waals surface area contributed by atoms with Crippen LogP contribution in [0.15, 0.2) is 66.2 Å². The predicted octanol–water partition coefficient (Wildman–Crippen LogP) is 7.81. The number of methoxy groups -OCH3 is 1. The van der Waals surface area contributed by atoms with Gasteiger partial charge in [0, 0.05) is 15.6 Å². The van der Waals surface area contributed by atoms with Crippen molar-refractivity contribution in [1.29, 1.82) is 0 Å². The number of thiazole rings is 1. The zero-order valence-electron chi connectivity index (χ0n) is 21.8. The molecular formula is C30H26Cl2N2O5S. The maximum Gasteiger partial charge on any atom is 0.301 e. The highest BCUT2D eigenvalue weighted by molar-refractivity contribution is 7.22.